The fraction of sp³-hybridized carbons (Fsp3) is 0.154. The van der Waals surface area contributed by atoms with Crippen LogP contribution in [0.4, 0.5) is 0 Å². The van der Waals surface area contributed by atoms with E-state index < -0.39 is 9.84 Å². The third-order valence-corrected chi connectivity index (χ3v) is 4.73. The molecule has 0 amide bonds. The molecule has 1 aromatic carbocycles. The molecule has 3 aromatic rings. The quantitative estimate of drug-likeness (QED) is 0.735. The highest BCUT2D eigenvalue weighted by Crippen LogP contribution is 2.30. The molecule has 0 aliphatic carbocycles. The topological polar surface area (TPSA) is 60.2 Å². The third kappa shape index (κ3) is 2.87. The Bertz CT molecular complexity index is 880. The van der Waals surface area contributed by atoms with E-state index in [0.717, 1.165) is 11.0 Å². The van der Waals surface area contributed by atoms with Crippen LogP contribution in [0.15, 0.2) is 34.1 Å². The Labute approximate surface area is 124 Å². The lowest BCUT2D eigenvalue weighted by atomic mass is 10.2. The van der Waals surface area contributed by atoms with Gasteiger partial charge in [-0.15, -0.1) is 11.3 Å². The summed E-state index contributed by atoms with van der Waals surface area (Å²) in [5.41, 5.74) is 1.36. The van der Waals surface area contributed by atoms with E-state index in [-0.39, 0.29) is 5.75 Å². The largest absolute Gasteiger partial charge is 0.454 e. The minimum absolute atomic E-state index is 0.0519. The molecule has 0 aliphatic heterocycles. The van der Waals surface area contributed by atoms with Crippen molar-refractivity contribution >= 4 is 43.7 Å². The van der Waals surface area contributed by atoms with Crippen LogP contribution in [-0.4, -0.2) is 19.7 Å². The predicted octanol–water partition coefficient (Wildman–Crippen LogP) is 3.75. The van der Waals surface area contributed by atoms with Crippen molar-refractivity contribution in [2.24, 2.45) is 0 Å². The molecule has 0 atom stereocenters. The number of hydrogen-bond donors (Lipinski definition) is 0. The van der Waals surface area contributed by atoms with Gasteiger partial charge >= 0.3 is 0 Å². The first-order valence-corrected chi connectivity index (χ1v) is 9.04. The molecular weight excluding hydrogens is 318 g/mol. The van der Waals surface area contributed by atoms with Crippen LogP contribution in [0, 0.1) is 0 Å². The lowest BCUT2D eigenvalue weighted by Crippen LogP contribution is -1.99. The summed E-state index contributed by atoms with van der Waals surface area (Å²) in [5.74, 6) is 0.558. The molecule has 4 nitrogen and oxygen atoms in total. The monoisotopic (exact) mass is 327 g/mol. The molecule has 0 fully saturated rings. The van der Waals surface area contributed by atoms with E-state index >= 15 is 0 Å². The molecule has 0 saturated heterocycles. The van der Waals surface area contributed by atoms with Gasteiger partial charge in [0.1, 0.15) is 22.0 Å². The highest BCUT2D eigenvalue weighted by molar-refractivity contribution is 7.90. The van der Waals surface area contributed by atoms with E-state index in [4.69, 9.17) is 16.0 Å². The molecule has 104 valence electrons. The van der Waals surface area contributed by atoms with Crippen molar-refractivity contribution in [3.05, 3.63) is 39.7 Å². The first kappa shape index (κ1) is 13.6. The van der Waals surface area contributed by atoms with E-state index in [1.807, 2.05) is 12.1 Å². The number of benzene rings is 1. The first-order valence-electron chi connectivity index (χ1n) is 5.72. The van der Waals surface area contributed by atoms with Gasteiger partial charge in [-0.1, -0.05) is 11.6 Å². The van der Waals surface area contributed by atoms with Gasteiger partial charge in [-0.25, -0.2) is 13.4 Å². The van der Waals surface area contributed by atoms with E-state index in [1.54, 1.807) is 17.5 Å². The molecular formula is C13H10ClNO3S2. The second kappa shape index (κ2) is 4.87. The van der Waals surface area contributed by atoms with Gasteiger partial charge in [0.05, 0.1) is 0 Å². The molecule has 0 N–H and O–H groups in total. The number of sulfone groups is 1. The number of halogens is 1. The van der Waals surface area contributed by atoms with Gasteiger partial charge in [-0.2, -0.15) is 0 Å². The summed E-state index contributed by atoms with van der Waals surface area (Å²) in [4.78, 5) is 4.30. The highest BCUT2D eigenvalue weighted by Gasteiger charge is 2.13. The van der Waals surface area contributed by atoms with Gasteiger partial charge in [0.15, 0.2) is 15.6 Å². The van der Waals surface area contributed by atoms with Crippen LogP contribution >= 0.6 is 22.9 Å². The maximum Gasteiger partial charge on any atom is 0.154 e. The second-order valence-electron chi connectivity index (χ2n) is 4.49. The average Bonchev–Trinajstić information content (AvgIpc) is 2.92. The van der Waals surface area contributed by atoms with Crippen molar-refractivity contribution in [3.63, 3.8) is 0 Å². The van der Waals surface area contributed by atoms with E-state index in [2.05, 4.69) is 4.98 Å². The normalized spacial score (nSPS) is 12.1. The van der Waals surface area contributed by atoms with Crippen molar-refractivity contribution < 1.29 is 12.8 Å². The van der Waals surface area contributed by atoms with Crippen LogP contribution in [0.3, 0.4) is 0 Å². The SMILES string of the molecule is CS(=O)(=O)Cc1nc(-c2cc3cc(Cl)ccc3o2)cs1. The average molecular weight is 328 g/mol. The molecule has 0 unspecified atom stereocenters. The number of hydrogen-bond acceptors (Lipinski definition) is 5. The molecule has 0 spiro atoms. The Morgan fingerprint density at radius 1 is 1.35 bits per heavy atom. The minimum Gasteiger partial charge on any atom is -0.454 e. The Morgan fingerprint density at radius 2 is 2.15 bits per heavy atom. The number of aromatic nitrogens is 1. The van der Waals surface area contributed by atoms with Gasteiger partial charge < -0.3 is 4.42 Å². The van der Waals surface area contributed by atoms with Crippen LogP contribution in [0.2, 0.25) is 5.02 Å². The summed E-state index contributed by atoms with van der Waals surface area (Å²) < 4.78 is 28.2. The second-order valence-corrected chi connectivity index (χ2v) is 8.01. The summed E-state index contributed by atoms with van der Waals surface area (Å²) in [6.07, 6.45) is 1.19. The van der Waals surface area contributed by atoms with Gasteiger partial charge in [0, 0.05) is 22.0 Å². The van der Waals surface area contributed by atoms with Crippen molar-refractivity contribution in [1.82, 2.24) is 4.98 Å². The molecule has 0 saturated carbocycles. The maximum absolute atomic E-state index is 11.3. The van der Waals surface area contributed by atoms with Gasteiger partial charge in [-0.3, -0.25) is 0 Å². The number of fused-ring (bicyclic) bond motifs is 1. The molecule has 2 aromatic heterocycles. The number of nitrogens with zero attached hydrogens (tertiary/aromatic N) is 1. The zero-order chi connectivity index (χ0) is 14.3. The van der Waals surface area contributed by atoms with Gasteiger partial charge in [0.2, 0.25) is 0 Å². The van der Waals surface area contributed by atoms with Crippen molar-refractivity contribution in [2.75, 3.05) is 6.26 Å². The Balaban J connectivity index is 1.99. The van der Waals surface area contributed by atoms with Gasteiger partial charge in [-0.05, 0) is 24.3 Å². The molecule has 0 radical (unpaired) electrons. The lowest BCUT2D eigenvalue weighted by Gasteiger charge is -1.91. The molecule has 0 aliphatic rings. The summed E-state index contributed by atoms with van der Waals surface area (Å²) in [5, 5.41) is 3.88. The summed E-state index contributed by atoms with van der Waals surface area (Å²) in [6, 6.07) is 7.21. The summed E-state index contributed by atoms with van der Waals surface area (Å²) in [6.45, 7) is 0. The maximum atomic E-state index is 11.3. The van der Waals surface area contributed by atoms with Crippen molar-refractivity contribution in [1.29, 1.82) is 0 Å². The number of rotatable bonds is 3. The smallest absolute Gasteiger partial charge is 0.154 e. The Kier molecular flexibility index (Phi) is 3.32. The molecule has 0 bridgehead atoms. The minimum atomic E-state index is -3.08. The van der Waals surface area contributed by atoms with Gasteiger partial charge in [0.25, 0.3) is 0 Å². The van der Waals surface area contributed by atoms with Crippen LogP contribution in [0.1, 0.15) is 5.01 Å². The zero-order valence-electron chi connectivity index (χ0n) is 10.5. The Hall–Kier alpha value is -1.37. The summed E-state index contributed by atoms with van der Waals surface area (Å²) >= 11 is 7.24. The fourth-order valence-corrected chi connectivity index (χ4v) is 4.03. The molecule has 20 heavy (non-hydrogen) atoms. The first-order chi connectivity index (χ1) is 9.40. The van der Waals surface area contributed by atoms with E-state index in [9.17, 15) is 8.42 Å². The lowest BCUT2D eigenvalue weighted by molar-refractivity contribution is 0.600. The predicted molar refractivity (Wildman–Crippen MR) is 80.9 cm³/mol. The number of thiazole rings is 1. The highest BCUT2D eigenvalue weighted by atomic mass is 35.5. The summed E-state index contributed by atoms with van der Waals surface area (Å²) in [7, 11) is -3.08. The van der Waals surface area contributed by atoms with Crippen molar-refractivity contribution in [2.45, 2.75) is 5.75 Å². The Morgan fingerprint density at radius 3 is 2.90 bits per heavy atom. The van der Waals surface area contributed by atoms with Crippen LogP contribution in [-0.2, 0) is 15.6 Å². The zero-order valence-corrected chi connectivity index (χ0v) is 12.8. The number of furan rings is 1. The third-order valence-electron chi connectivity index (χ3n) is 2.67. The standard InChI is InChI=1S/C13H10ClNO3S2/c1-20(16,17)7-13-15-10(6-19-13)12-5-8-4-9(14)2-3-11(8)18-12/h2-6H,7H2,1H3. The van der Waals surface area contributed by atoms with Crippen molar-refractivity contribution in [3.8, 4) is 11.5 Å². The van der Waals surface area contributed by atoms with E-state index in [0.29, 0.717) is 21.5 Å². The molecule has 3 rings (SSSR count). The fourth-order valence-electron chi connectivity index (χ4n) is 1.86. The molecule has 2 heterocycles. The van der Waals surface area contributed by atoms with Crippen LogP contribution in [0.25, 0.3) is 22.4 Å². The molecule has 7 heteroatoms. The van der Waals surface area contributed by atoms with Crippen LogP contribution < -0.4 is 0 Å². The van der Waals surface area contributed by atoms with Crippen LogP contribution in [0.5, 0.6) is 0 Å². The van der Waals surface area contributed by atoms with E-state index in [1.165, 1.54) is 17.6 Å².